The number of carbonyl (C=O) groups is 1. The monoisotopic (exact) mass is 441 g/mol. The summed E-state index contributed by atoms with van der Waals surface area (Å²) < 4.78 is 5.25. The summed E-state index contributed by atoms with van der Waals surface area (Å²) in [5, 5.41) is 18.5. The van der Waals surface area contributed by atoms with Gasteiger partial charge < -0.3 is 9.64 Å². The first-order valence-corrected chi connectivity index (χ1v) is 10.2. The van der Waals surface area contributed by atoms with Gasteiger partial charge in [-0.2, -0.15) is 5.10 Å². The van der Waals surface area contributed by atoms with Crippen molar-refractivity contribution in [2.45, 2.75) is 12.6 Å². The molecule has 1 aliphatic heterocycles. The lowest BCUT2D eigenvalue weighted by Crippen LogP contribution is -2.29. The Labute approximate surface area is 188 Å². The number of carbonyl (C=O) groups excluding carboxylic acids is 1. The summed E-state index contributed by atoms with van der Waals surface area (Å²) >= 11 is 0. The number of nitro benzene ring substituents is 1. The minimum atomic E-state index is -0.461. The summed E-state index contributed by atoms with van der Waals surface area (Å²) in [7, 11) is 1.60. The van der Waals surface area contributed by atoms with Gasteiger partial charge in [-0.1, -0.05) is 0 Å². The number of ether oxygens (including phenoxy) is 1. The number of hydrogen-bond acceptors (Lipinski definition) is 6. The Kier molecular flexibility index (Phi) is 5.06. The lowest BCUT2D eigenvalue weighted by atomic mass is 9.95. The van der Waals surface area contributed by atoms with Crippen molar-refractivity contribution >= 4 is 11.6 Å². The van der Waals surface area contributed by atoms with Crippen molar-refractivity contribution in [2.24, 2.45) is 0 Å². The number of fused-ring (bicyclic) bond motifs is 1. The standard InChI is InChI=1S/C24H19N5O4/c1-33-19-8-4-16(5-9-19)21-20-22(27-26-21)24(30)28(14-15-10-12-25-13-11-15)23(20)17-2-6-18(7-3-17)29(31)32/h2-13,23H,14H2,1H3,(H,26,27). The molecule has 0 aliphatic carbocycles. The van der Waals surface area contributed by atoms with Crippen LogP contribution in [0, 0.1) is 10.1 Å². The number of benzene rings is 2. The topological polar surface area (TPSA) is 114 Å². The molecule has 1 unspecified atom stereocenters. The zero-order valence-electron chi connectivity index (χ0n) is 17.6. The molecule has 164 valence electrons. The van der Waals surface area contributed by atoms with Crippen LogP contribution in [-0.2, 0) is 6.54 Å². The van der Waals surface area contributed by atoms with Gasteiger partial charge in [-0.25, -0.2) is 0 Å². The van der Waals surface area contributed by atoms with Crippen LogP contribution in [0.2, 0.25) is 0 Å². The molecule has 0 saturated carbocycles. The molecule has 2 aromatic heterocycles. The first kappa shape index (κ1) is 20.4. The maximum absolute atomic E-state index is 13.4. The second kappa shape index (κ2) is 8.19. The van der Waals surface area contributed by atoms with Crippen LogP contribution in [0.15, 0.2) is 73.1 Å². The highest BCUT2D eigenvalue weighted by molar-refractivity contribution is 6.00. The average molecular weight is 441 g/mol. The van der Waals surface area contributed by atoms with Gasteiger partial charge in [0.15, 0.2) is 0 Å². The third-order valence-electron chi connectivity index (χ3n) is 5.75. The largest absolute Gasteiger partial charge is 0.497 e. The third kappa shape index (κ3) is 3.59. The van der Waals surface area contributed by atoms with E-state index in [1.807, 2.05) is 36.4 Å². The van der Waals surface area contributed by atoms with Gasteiger partial charge in [-0.3, -0.25) is 25.0 Å². The number of pyridine rings is 1. The number of amides is 1. The summed E-state index contributed by atoms with van der Waals surface area (Å²) in [5.74, 6) is 0.533. The molecule has 0 bridgehead atoms. The molecule has 2 aromatic carbocycles. The Morgan fingerprint density at radius 1 is 1.06 bits per heavy atom. The number of methoxy groups -OCH3 is 1. The predicted molar refractivity (Wildman–Crippen MR) is 120 cm³/mol. The molecule has 0 saturated heterocycles. The smallest absolute Gasteiger partial charge is 0.273 e. The molecule has 5 rings (SSSR count). The van der Waals surface area contributed by atoms with E-state index in [2.05, 4.69) is 15.2 Å². The van der Waals surface area contributed by atoms with Crippen LogP contribution in [0.4, 0.5) is 5.69 Å². The zero-order chi connectivity index (χ0) is 22.9. The minimum Gasteiger partial charge on any atom is -0.497 e. The van der Waals surface area contributed by atoms with Gasteiger partial charge in [-0.15, -0.1) is 0 Å². The van der Waals surface area contributed by atoms with Crippen LogP contribution in [0.1, 0.15) is 33.2 Å². The quantitative estimate of drug-likeness (QED) is 0.355. The number of nitrogens with one attached hydrogen (secondary N) is 1. The number of aromatic nitrogens is 3. The van der Waals surface area contributed by atoms with Crippen LogP contribution < -0.4 is 4.74 Å². The normalized spacial score (nSPS) is 14.9. The second-order valence-electron chi connectivity index (χ2n) is 7.63. The fourth-order valence-electron chi connectivity index (χ4n) is 4.14. The average Bonchev–Trinajstić information content (AvgIpc) is 3.39. The van der Waals surface area contributed by atoms with E-state index < -0.39 is 11.0 Å². The Morgan fingerprint density at radius 3 is 2.39 bits per heavy atom. The Bertz CT molecular complexity index is 1320. The molecular weight excluding hydrogens is 422 g/mol. The fraction of sp³-hybridized carbons (Fsp3) is 0.125. The van der Waals surface area contributed by atoms with Crippen LogP contribution in [0.5, 0.6) is 5.75 Å². The van der Waals surface area contributed by atoms with Gasteiger partial charge in [-0.05, 0) is 59.7 Å². The van der Waals surface area contributed by atoms with Crippen molar-refractivity contribution < 1.29 is 14.5 Å². The van der Waals surface area contributed by atoms with E-state index in [4.69, 9.17) is 4.74 Å². The van der Waals surface area contributed by atoms with Gasteiger partial charge in [0.25, 0.3) is 11.6 Å². The Morgan fingerprint density at radius 2 is 1.76 bits per heavy atom. The van der Waals surface area contributed by atoms with Gasteiger partial charge in [0.1, 0.15) is 11.4 Å². The van der Waals surface area contributed by atoms with Crippen LogP contribution in [-0.4, -0.2) is 38.0 Å². The van der Waals surface area contributed by atoms with Crippen LogP contribution in [0.3, 0.4) is 0 Å². The van der Waals surface area contributed by atoms with E-state index in [0.29, 0.717) is 23.7 Å². The first-order valence-electron chi connectivity index (χ1n) is 10.2. The molecule has 33 heavy (non-hydrogen) atoms. The lowest BCUT2D eigenvalue weighted by molar-refractivity contribution is -0.384. The number of aromatic amines is 1. The summed E-state index contributed by atoms with van der Waals surface area (Å²) in [4.78, 5) is 29.9. The van der Waals surface area contributed by atoms with E-state index in [9.17, 15) is 14.9 Å². The van der Waals surface area contributed by atoms with E-state index in [0.717, 1.165) is 22.3 Å². The summed E-state index contributed by atoms with van der Waals surface area (Å²) in [6.07, 6.45) is 3.36. The van der Waals surface area contributed by atoms with Crippen molar-refractivity contribution in [3.63, 3.8) is 0 Å². The highest BCUT2D eigenvalue weighted by Crippen LogP contribution is 2.43. The molecule has 9 heteroatoms. The van der Waals surface area contributed by atoms with Gasteiger partial charge >= 0.3 is 0 Å². The number of nitro groups is 1. The minimum absolute atomic E-state index is 0.00782. The van der Waals surface area contributed by atoms with Gasteiger partial charge in [0.2, 0.25) is 0 Å². The van der Waals surface area contributed by atoms with Crippen LogP contribution in [0.25, 0.3) is 11.3 Å². The van der Waals surface area contributed by atoms with Gasteiger partial charge in [0.05, 0.1) is 23.8 Å². The fourth-order valence-corrected chi connectivity index (χ4v) is 4.14. The molecule has 0 fully saturated rings. The SMILES string of the molecule is COc1ccc(-c2n[nH]c3c2C(c2ccc([N+](=O)[O-])cc2)N(Cc2ccncc2)C3=O)cc1. The predicted octanol–water partition coefficient (Wildman–Crippen LogP) is 4.13. The van der Waals surface area contributed by atoms with Crippen molar-refractivity contribution in [3.8, 4) is 17.0 Å². The molecule has 9 nitrogen and oxygen atoms in total. The number of non-ortho nitro benzene ring substituents is 1. The van der Waals surface area contributed by atoms with Crippen molar-refractivity contribution in [2.75, 3.05) is 7.11 Å². The Hall–Kier alpha value is -4.53. The van der Waals surface area contributed by atoms with Crippen LogP contribution >= 0.6 is 0 Å². The molecule has 1 N–H and O–H groups in total. The van der Waals surface area contributed by atoms with Gasteiger partial charge in [0, 0.05) is 42.2 Å². The van der Waals surface area contributed by atoms with Crippen molar-refractivity contribution in [1.29, 1.82) is 0 Å². The number of hydrogen-bond donors (Lipinski definition) is 1. The summed E-state index contributed by atoms with van der Waals surface area (Å²) in [5.41, 5.74) is 4.32. The number of rotatable bonds is 6. The van der Waals surface area contributed by atoms with Crippen molar-refractivity contribution in [1.82, 2.24) is 20.1 Å². The van der Waals surface area contributed by atoms with E-state index >= 15 is 0 Å². The third-order valence-corrected chi connectivity index (χ3v) is 5.75. The highest BCUT2D eigenvalue weighted by Gasteiger charge is 2.42. The van der Waals surface area contributed by atoms with Crippen molar-refractivity contribution in [3.05, 3.63) is 106 Å². The highest BCUT2D eigenvalue weighted by atomic mass is 16.6. The zero-order valence-corrected chi connectivity index (χ0v) is 17.6. The molecule has 4 aromatic rings. The molecule has 1 atom stereocenters. The number of H-pyrrole nitrogens is 1. The summed E-state index contributed by atoms with van der Waals surface area (Å²) in [6.45, 7) is 0.355. The second-order valence-corrected chi connectivity index (χ2v) is 7.63. The van der Waals surface area contributed by atoms with E-state index in [1.165, 1.54) is 12.1 Å². The molecular formula is C24H19N5O4. The molecule has 1 amide bonds. The maximum Gasteiger partial charge on any atom is 0.273 e. The molecule has 3 heterocycles. The molecule has 0 radical (unpaired) electrons. The van der Waals surface area contributed by atoms with E-state index in [-0.39, 0.29) is 11.6 Å². The maximum atomic E-state index is 13.4. The Balaban J connectivity index is 1.62. The molecule has 1 aliphatic rings. The number of nitrogens with zero attached hydrogens (tertiary/aromatic N) is 4. The first-order chi connectivity index (χ1) is 16.1. The molecule has 0 spiro atoms. The lowest BCUT2D eigenvalue weighted by Gasteiger charge is -2.26. The summed E-state index contributed by atoms with van der Waals surface area (Å²) in [6, 6.07) is 17.0. The van der Waals surface area contributed by atoms with E-state index in [1.54, 1.807) is 36.5 Å².